The minimum atomic E-state index is -0.00346. The average molecular weight is 316 g/mol. The van der Waals surface area contributed by atoms with Crippen LogP contribution in [0.25, 0.3) is 0 Å². The normalized spacial score (nSPS) is 16.7. The molecule has 0 atom stereocenters. The van der Waals surface area contributed by atoms with E-state index in [4.69, 9.17) is 10.00 Å². The number of benzene rings is 1. The van der Waals surface area contributed by atoms with E-state index in [1.807, 2.05) is 23.1 Å². The molecule has 0 radical (unpaired) electrons. The second-order valence-electron chi connectivity index (χ2n) is 6.16. The molecule has 1 saturated heterocycles. The molecule has 0 spiro atoms. The van der Waals surface area contributed by atoms with Gasteiger partial charge in [0.05, 0.1) is 6.42 Å². The van der Waals surface area contributed by atoms with Gasteiger partial charge in [0.1, 0.15) is 11.8 Å². The number of likely N-dealkylation sites (tertiary alicyclic amines) is 1. The number of nitriles is 1. The fourth-order valence-electron chi connectivity index (χ4n) is 2.96. The molecule has 0 aromatic heterocycles. The van der Waals surface area contributed by atoms with Crippen molar-refractivity contribution in [1.82, 2.24) is 4.90 Å². The summed E-state index contributed by atoms with van der Waals surface area (Å²) in [7, 11) is 0. The minimum Gasteiger partial charge on any atom is -0.479 e. The van der Waals surface area contributed by atoms with Crippen molar-refractivity contribution in [2.24, 2.45) is 5.41 Å². The molecule has 5 heteroatoms. The quantitative estimate of drug-likeness (QED) is 0.872. The summed E-state index contributed by atoms with van der Waals surface area (Å²) in [5.74, 6) is 0.759. The van der Waals surface area contributed by atoms with Gasteiger partial charge >= 0.3 is 0 Å². The number of aliphatic hydroxyl groups is 1. The van der Waals surface area contributed by atoms with Crippen LogP contribution in [0.3, 0.4) is 0 Å². The van der Waals surface area contributed by atoms with Gasteiger partial charge in [-0.25, -0.2) is 0 Å². The van der Waals surface area contributed by atoms with Crippen LogP contribution in [-0.2, 0) is 11.2 Å². The Labute approximate surface area is 137 Å². The molecule has 1 N–H and O–H groups in total. The Kier molecular flexibility index (Phi) is 6.00. The first-order valence-electron chi connectivity index (χ1n) is 8.10. The molecule has 1 aromatic rings. The molecule has 0 bridgehead atoms. The molecule has 1 amide bonds. The van der Waals surface area contributed by atoms with Crippen LogP contribution in [0.2, 0.25) is 0 Å². The van der Waals surface area contributed by atoms with E-state index >= 15 is 0 Å². The van der Waals surface area contributed by atoms with Crippen molar-refractivity contribution in [3.8, 4) is 11.8 Å². The summed E-state index contributed by atoms with van der Waals surface area (Å²) in [6, 6.07) is 9.20. The highest BCUT2D eigenvalue weighted by Crippen LogP contribution is 2.34. The summed E-state index contributed by atoms with van der Waals surface area (Å²) in [6.07, 6.45) is 3.06. The smallest absolute Gasteiger partial charge is 0.226 e. The fourth-order valence-corrected chi connectivity index (χ4v) is 2.96. The third kappa shape index (κ3) is 4.46. The van der Waals surface area contributed by atoms with E-state index in [1.54, 1.807) is 12.1 Å². The number of aliphatic hydroxyl groups excluding tert-OH is 1. The Balaban J connectivity index is 1.87. The molecule has 0 unspecified atom stereocenters. The van der Waals surface area contributed by atoms with Crippen LogP contribution in [0.15, 0.2) is 24.3 Å². The summed E-state index contributed by atoms with van der Waals surface area (Å²) in [4.78, 5) is 14.3. The molecule has 0 saturated carbocycles. The van der Waals surface area contributed by atoms with E-state index < -0.39 is 0 Å². The Morgan fingerprint density at radius 3 is 2.52 bits per heavy atom. The number of hydrogen-bond donors (Lipinski definition) is 1. The summed E-state index contributed by atoms with van der Waals surface area (Å²) in [5.41, 5.74) is 0.935. The number of carbonyl (C=O) groups is 1. The molecule has 5 nitrogen and oxygen atoms in total. The highest BCUT2D eigenvalue weighted by atomic mass is 16.5. The summed E-state index contributed by atoms with van der Waals surface area (Å²) < 4.78 is 5.20. The van der Waals surface area contributed by atoms with Gasteiger partial charge in [-0.2, -0.15) is 5.26 Å². The number of piperidine rings is 1. The lowest BCUT2D eigenvalue weighted by Gasteiger charge is -2.40. The highest BCUT2D eigenvalue weighted by Gasteiger charge is 2.33. The molecule has 1 heterocycles. The molecule has 1 aromatic carbocycles. The lowest BCUT2D eigenvalue weighted by Crippen LogP contribution is -2.44. The number of ether oxygens (including phenoxy) is 1. The molecule has 1 fully saturated rings. The zero-order valence-corrected chi connectivity index (χ0v) is 13.6. The third-order valence-electron chi connectivity index (χ3n) is 4.84. The van der Waals surface area contributed by atoms with Crippen LogP contribution in [0.5, 0.6) is 5.75 Å². The van der Waals surface area contributed by atoms with Crippen molar-refractivity contribution in [2.75, 3.05) is 26.3 Å². The Morgan fingerprint density at radius 2 is 2.00 bits per heavy atom. The molecule has 1 aliphatic heterocycles. The summed E-state index contributed by atoms with van der Waals surface area (Å²) in [5, 5.41) is 18.0. The van der Waals surface area contributed by atoms with Gasteiger partial charge in [0, 0.05) is 19.7 Å². The van der Waals surface area contributed by atoms with E-state index in [-0.39, 0.29) is 24.5 Å². The van der Waals surface area contributed by atoms with Crippen molar-refractivity contribution in [3.05, 3.63) is 29.8 Å². The van der Waals surface area contributed by atoms with Gasteiger partial charge in [0.25, 0.3) is 0 Å². The van der Waals surface area contributed by atoms with E-state index in [0.717, 1.165) is 37.9 Å². The number of carbonyl (C=O) groups excluding carboxylic acids is 1. The third-order valence-corrected chi connectivity index (χ3v) is 4.84. The first kappa shape index (κ1) is 17.3. The second-order valence-corrected chi connectivity index (χ2v) is 6.16. The van der Waals surface area contributed by atoms with E-state index in [1.165, 1.54) is 0 Å². The molecular formula is C18H24N2O3. The van der Waals surface area contributed by atoms with E-state index in [0.29, 0.717) is 12.2 Å². The van der Waals surface area contributed by atoms with Crippen LogP contribution < -0.4 is 4.74 Å². The second kappa shape index (κ2) is 7.98. The maximum atomic E-state index is 12.4. The first-order valence-corrected chi connectivity index (χ1v) is 8.10. The average Bonchev–Trinajstić information content (AvgIpc) is 2.61. The van der Waals surface area contributed by atoms with Crippen molar-refractivity contribution in [1.29, 1.82) is 5.26 Å². The monoisotopic (exact) mass is 316 g/mol. The van der Waals surface area contributed by atoms with Crippen LogP contribution in [0.1, 0.15) is 31.7 Å². The van der Waals surface area contributed by atoms with Crippen LogP contribution in [0, 0.1) is 16.7 Å². The summed E-state index contributed by atoms with van der Waals surface area (Å²) >= 11 is 0. The Morgan fingerprint density at radius 1 is 1.35 bits per heavy atom. The van der Waals surface area contributed by atoms with Crippen molar-refractivity contribution in [3.63, 3.8) is 0 Å². The van der Waals surface area contributed by atoms with Crippen LogP contribution >= 0.6 is 0 Å². The fraction of sp³-hybridized carbons (Fsp3) is 0.556. The van der Waals surface area contributed by atoms with E-state index in [2.05, 4.69) is 6.92 Å². The molecular weight excluding hydrogens is 292 g/mol. The predicted molar refractivity (Wildman–Crippen MR) is 86.9 cm³/mol. The Bertz CT molecular complexity index is 549. The molecule has 0 aliphatic carbocycles. The van der Waals surface area contributed by atoms with Gasteiger partial charge in [-0.15, -0.1) is 0 Å². The highest BCUT2D eigenvalue weighted by molar-refractivity contribution is 5.78. The van der Waals surface area contributed by atoms with Gasteiger partial charge in [0.15, 0.2) is 6.61 Å². The van der Waals surface area contributed by atoms with Crippen molar-refractivity contribution < 1.29 is 14.6 Å². The minimum absolute atomic E-state index is 0.00346. The zero-order chi connectivity index (χ0) is 16.7. The van der Waals surface area contributed by atoms with Crippen molar-refractivity contribution in [2.45, 2.75) is 32.6 Å². The number of amides is 1. The molecule has 1 aliphatic rings. The van der Waals surface area contributed by atoms with Gasteiger partial charge in [0.2, 0.25) is 5.91 Å². The van der Waals surface area contributed by atoms with Gasteiger partial charge < -0.3 is 14.7 Å². The van der Waals surface area contributed by atoms with Crippen LogP contribution in [0.4, 0.5) is 0 Å². The molecule has 23 heavy (non-hydrogen) atoms. The SMILES string of the molecule is CCC1(CO)CCN(C(=O)Cc2ccc(OCC#N)cc2)CC1. The number of nitrogens with zero attached hydrogens (tertiary/aromatic N) is 2. The number of rotatable bonds is 6. The maximum Gasteiger partial charge on any atom is 0.226 e. The first-order chi connectivity index (χ1) is 11.1. The van der Waals surface area contributed by atoms with E-state index in [9.17, 15) is 9.90 Å². The molecule has 2 rings (SSSR count). The predicted octanol–water partition coefficient (Wildman–Crippen LogP) is 2.14. The van der Waals surface area contributed by atoms with Crippen molar-refractivity contribution >= 4 is 5.91 Å². The lowest BCUT2D eigenvalue weighted by atomic mass is 9.77. The van der Waals surface area contributed by atoms with Gasteiger partial charge in [-0.3, -0.25) is 4.79 Å². The number of hydrogen-bond acceptors (Lipinski definition) is 4. The largest absolute Gasteiger partial charge is 0.479 e. The summed E-state index contributed by atoms with van der Waals surface area (Å²) in [6.45, 7) is 3.77. The maximum absolute atomic E-state index is 12.4. The van der Waals surface area contributed by atoms with Gasteiger partial charge in [-0.1, -0.05) is 19.1 Å². The lowest BCUT2D eigenvalue weighted by molar-refractivity contribution is -0.133. The molecule has 124 valence electrons. The topological polar surface area (TPSA) is 73.6 Å². The Hall–Kier alpha value is -2.06. The van der Waals surface area contributed by atoms with Crippen LogP contribution in [-0.4, -0.2) is 42.2 Å². The zero-order valence-electron chi connectivity index (χ0n) is 13.6. The van der Waals surface area contributed by atoms with Gasteiger partial charge in [-0.05, 0) is 42.4 Å². The standard InChI is InChI=1S/C18H24N2O3/c1-2-18(14-21)7-10-20(11-8-18)17(22)13-15-3-5-16(6-4-15)23-12-9-19/h3-6,21H,2,7-8,10-14H2,1H3.